The Balaban J connectivity index is 2.18. The van der Waals surface area contributed by atoms with Crippen molar-refractivity contribution < 1.29 is 22.4 Å². The maximum absolute atomic E-state index is 14.5. The van der Waals surface area contributed by atoms with Crippen LogP contribution in [0, 0.1) is 28.7 Å². The molecule has 1 N–H and O–H groups in total. The summed E-state index contributed by atoms with van der Waals surface area (Å²) < 4.78 is 56.4. The number of nitrogens with one attached hydrogen (secondary N) is 1. The third kappa shape index (κ3) is 4.50. The minimum Gasteiger partial charge on any atom is -0.324 e. The number of halogens is 4. The largest absolute Gasteiger partial charge is 0.324 e. The molecule has 3 nitrogen and oxygen atoms in total. The van der Waals surface area contributed by atoms with E-state index in [9.17, 15) is 22.4 Å². The molecule has 0 aliphatic rings. The van der Waals surface area contributed by atoms with E-state index in [0.717, 1.165) is 24.3 Å². The van der Waals surface area contributed by atoms with Gasteiger partial charge < -0.3 is 5.32 Å². The fraction of sp³-hybridized carbons (Fsp3) is 0.217. The minimum absolute atomic E-state index is 0.0442. The maximum Gasteiger partial charge on any atom is 0.229 e. The normalized spacial score (nSPS) is 11.4. The van der Waals surface area contributed by atoms with Crippen molar-refractivity contribution >= 4 is 11.6 Å². The highest BCUT2D eigenvalue weighted by Crippen LogP contribution is 2.35. The summed E-state index contributed by atoms with van der Waals surface area (Å²) in [6, 6.07) is 8.06. The van der Waals surface area contributed by atoms with Gasteiger partial charge in [0.1, 0.15) is 23.3 Å². The quantitative estimate of drug-likeness (QED) is 0.540. The zero-order valence-corrected chi connectivity index (χ0v) is 16.7. The monoisotopic (exact) mass is 416 g/mol. The van der Waals surface area contributed by atoms with Gasteiger partial charge in [-0.1, -0.05) is 32.9 Å². The Bertz CT molecular complexity index is 1090. The summed E-state index contributed by atoms with van der Waals surface area (Å²) in [5.41, 5.74) is -0.699. The standard InChI is InChI=1S/C23H20F4N2O/c1-23(2,3)22(30)29-20-14(11-13-7-8-15(24)12-18(13)27)9-10-28-21(20)19-16(25)5-4-6-17(19)26/h4-10,12H,11H2,1-3H3,(H,29,30). The van der Waals surface area contributed by atoms with Gasteiger partial charge in [0.05, 0.1) is 16.9 Å². The van der Waals surface area contributed by atoms with Crippen LogP contribution in [0.4, 0.5) is 23.2 Å². The van der Waals surface area contributed by atoms with E-state index < -0.39 is 40.2 Å². The summed E-state index contributed by atoms with van der Waals surface area (Å²) in [5.74, 6) is -3.59. The molecule has 0 spiro atoms. The SMILES string of the molecule is CC(C)(C)C(=O)Nc1c(Cc2ccc(F)cc2F)ccnc1-c1c(F)cccc1F. The molecule has 3 rings (SSSR count). The van der Waals surface area contributed by atoms with Crippen molar-refractivity contribution in [3.63, 3.8) is 0 Å². The third-order valence-corrected chi connectivity index (χ3v) is 4.55. The molecule has 156 valence electrons. The van der Waals surface area contributed by atoms with Crippen molar-refractivity contribution in [1.29, 1.82) is 0 Å². The Hall–Kier alpha value is -3.22. The summed E-state index contributed by atoms with van der Waals surface area (Å²) in [6.07, 6.45) is 1.28. The number of anilines is 1. The number of hydrogen-bond donors (Lipinski definition) is 1. The Kier molecular flexibility index (Phi) is 5.92. The second-order valence-electron chi connectivity index (χ2n) is 7.91. The summed E-state index contributed by atoms with van der Waals surface area (Å²) in [4.78, 5) is 16.7. The molecular formula is C23H20F4N2O. The molecular weight excluding hydrogens is 396 g/mol. The molecule has 0 atom stereocenters. The summed E-state index contributed by atoms with van der Waals surface area (Å²) >= 11 is 0. The van der Waals surface area contributed by atoms with Gasteiger partial charge in [-0.3, -0.25) is 9.78 Å². The van der Waals surface area contributed by atoms with Gasteiger partial charge in [0.2, 0.25) is 5.91 Å². The molecule has 2 aromatic carbocycles. The summed E-state index contributed by atoms with van der Waals surface area (Å²) in [6.45, 7) is 5.05. The molecule has 0 aliphatic carbocycles. The van der Waals surface area contributed by atoms with Crippen LogP contribution in [0.1, 0.15) is 31.9 Å². The Labute approximate surface area is 171 Å². The smallest absolute Gasteiger partial charge is 0.229 e. The molecule has 3 aromatic rings. The first kappa shape index (κ1) is 21.5. The minimum atomic E-state index is -0.848. The van der Waals surface area contributed by atoms with Crippen LogP contribution >= 0.6 is 0 Å². The van der Waals surface area contributed by atoms with Gasteiger partial charge >= 0.3 is 0 Å². The van der Waals surface area contributed by atoms with E-state index >= 15 is 0 Å². The van der Waals surface area contributed by atoms with Crippen LogP contribution in [0.15, 0.2) is 48.7 Å². The number of carbonyl (C=O) groups excluding carboxylic acids is 1. The van der Waals surface area contributed by atoms with Crippen LogP contribution in [0.5, 0.6) is 0 Å². The molecule has 0 fully saturated rings. The second kappa shape index (κ2) is 8.26. The average molecular weight is 416 g/mol. The van der Waals surface area contributed by atoms with E-state index in [1.54, 1.807) is 20.8 Å². The van der Waals surface area contributed by atoms with Gasteiger partial charge in [-0.05, 0) is 35.4 Å². The topological polar surface area (TPSA) is 42.0 Å². The molecule has 30 heavy (non-hydrogen) atoms. The molecule has 0 radical (unpaired) electrons. The van der Waals surface area contributed by atoms with Crippen molar-refractivity contribution in [3.05, 3.63) is 83.1 Å². The van der Waals surface area contributed by atoms with E-state index in [4.69, 9.17) is 0 Å². The van der Waals surface area contributed by atoms with Gasteiger partial charge in [0, 0.05) is 24.1 Å². The number of hydrogen-bond acceptors (Lipinski definition) is 2. The molecule has 0 bridgehead atoms. The molecule has 0 saturated carbocycles. The van der Waals surface area contributed by atoms with E-state index in [2.05, 4.69) is 10.3 Å². The molecule has 0 aliphatic heterocycles. The fourth-order valence-corrected chi connectivity index (χ4v) is 2.87. The number of pyridine rings is 1. The summed E-state index contributed by atoms with van der Waals surface area (Å²) in [7, 11) is 0. The highest BCUT2D eigenvalue weighted by molar-refractivity contribution is 5.98. The lowest BCUT2D eigenvalue weighted by atomic mass is 9.94. The molecule has 1 aromatic heterocycles. The number of carbonyl (C=O) groups is 1. The lowest BCUT2D eigenvalue weighted by molar-refractivity contribution is -0.123. The Morgan fingerprint density at radius 1 is 0.933 bits per heavy atom. The lowest BCUT2D eigenvalue weighted by Gasteiger charge is -2.21. The van der Waals surface area contributed by atoms with Crippen molar-refractivity contribution in [3.8, 4) is 11.3 Å². The zero-order valence-electron chi connectivity index (χ0n) is 16.7. The first-order valence-corrected chi connectivity index (χ1v) is 9.25. The maximum atomic E-state index is 14.5. The van der Waals surface area contributed by atoms with Gasteiger partial charge in [-0.15, -0.1) is 0 Å². The fourth-order valence-electron chi connectivity index (χ4n) is 2.87. The van der Waals surface area contributed by atoms with E-state index in [0.29, 0.717) is 5.56 Å². The lowest BCUT2D eigenvalue weighted by Crippen LogP contribution is -2.28. The number of aromatic nitrogens is 1. The predicted molar refractivity (Wildman–Crippen MR) is 107 cm³/mol. The molecule has 1 heterocycles. The van der Waals surface area contributed by atoms with E-state index in [1.807, 2.05) is 0 Å². The van der Waals surface area contributed by atoms with Crippen LogP contribution in [0.3, 0.4) is 0 Å². The number of benzene rings is 2. The third-order valence-electron chi connectivity index (χ3n) is 4.55. The van der Waals surface area contributed by atoms with Crippen LogP contribution in [0.2, 0.25) is 0 Å². The van der Waals surface area contributed by atoms with Crippen molar-refractivity contribution in [1.82, 2.24) is 4.98 Å². The van der Waals surface area contributed by atoms with Crippen molar-refractivity contribution in [2.75, 3.05) is 5.32 Å². The number of nitrogens with zero attached hydrogens (tertiary/aromatic N) is 1. The number of rotatable bonds is 4. The molecule has 0 unspecified atom stereocenters. The Morgan fingerprint density at radius 3 is 2.20 bits per heavy atom. The Morgan fingerprint density at radius 2 is 1.60 bits per heavy atom. The van der Waals surface area contributed by atoms with E-state index in [-0.39, 0.29) is 23.4 Å². The first-order chi connectivity index (χ1) is 14.1. The first-order valence-electron chi connectivity index (χ1n) is 9.25. The van der Waals surface area contributed by atoms with Gasteiger partial charge in [0.25, 0.3) is 0 Å². The average Bonchev–Trinajstić information content (AvgIpc) is 2.65. The zero-order chi connectivity index (χ0) is 22.1. The van der Waals surface area contributed by atoms with Crippen LogP contribution < -0.4 is 5.32 Å². The second-order valence-corrected chi connectivity index (χ2v) is 7.91. The van der Waals surface area contributed by atoms with Crippen molar-refractivity contribution in [2.45, 2.75) is 27.2 Å². The van der Waals surface area contributed by atoms with Crippen molar-refractivity contribution in [2.24, 2.45) is 5.41 Å². The number of amides is 1. The molecule has 1 amide bonds. The van der Waals surface area contributed by atoms with Gasteiger partial charge in [0.15, 0.2) is 0 Å². The van der Waals surface area contributed by atoms with Crippen LogP contribution in [-0.2, 0) is 11.2 Å². The van der Waals surface area contributed by atoms with Crippen LogP contribution in [-0.4, -0.2) is 10.9 Å². The highest BCUT2D eigenvalue weighted by atomic mass is 19.1. The van der Waals surface area contributed by atoms with E-state index in [1.165, 1.54) is 24.4 Å². The molecule has 7 heteroatoms. The van der Waals surface area contributed by atoms with Crippen LogP contribution in [0.25, 0.3) is 11.3 Å². The highest BCUT2D eigenvalue weighted by Gasteiger charge is 2.26. The van der Waals surface area contributed by atoms with Gasteiger partial charge in [-0.25, -0.2) is 17.6 Å². The predicted octanol–water partition coefficient (Wildman–Crippen LogP) is 5.88. The summed E-state index contributed by atoms with van der Waals surface area (Å²) in [5, 5.41) is 2.69. The van der Waals surface area contributed by atoms with Gasteiger partial charge in [-0.2, -0.15) is 0 Å². The molecule has 0 saturated heterocycles.